The SMILES string of the molecule is O=C(Nc1ccoc1-c1ccc(-c2ccc(C3(C(=O)O)CC3)o2)cc1)OCCc1ccccc1. The van der Waals surface area contributed by atoms with Crippen LogP contribution in [0, 0.1) is 0 Å². The largest absolute Gasteiger partial charge is 0.480 e. The fourth-order valence-corrected chi connectivity index (χ4v) is 3.91. The summed E-state index contributed by atoms with van der Waals surface area (Å²) in [7, 11) is 0. The van der Waals surface area contributed by atoms with Gasteiger partial charge in [-0.25, -0.2) is 4.79 Å². The monoisotopic (exact) mass is 457 g/mol. The van der Waals surface area contributed by atoms with Crippen molar-refractivity contribution < 1.29 is 28.3 Å². The van der Waals surface area contributed by atoms with Gasteiger partial charge in [0.1, 0.15) is 16.9 Å². The van der Waals surface area contributed by atoms with E-state index in [1.54, 1.807) is 18.2 Å². The quantitative estimate of drug-likeness (QED) is 0.331. The van der Waals surface area contributed by atoms with Crippen LogP contribution in [0.5, 0.6) is 0 Å². The lowest BCUT2D eigenvalue weighted by Crippen LogP contribution is -2.18. The van der Waals surface area contributed by atoms with Gasteiger partial charge in [0, 0.05) is 23.6 Å². The molecule has 34 heavy (non-hydrogen) atoms. The molecular weight excluding hydrogens is 434 g/mol. The Morgan fingerprint density at radius 1 is 0.941 bits per heavy atom. The van der Waals surface area contributed by atoms with Crippen LogP contribution in [-0.2, 0) is 21.4 Å². The van der Waals surface area contributed by atoms with Crippen molar-refractivity contribution in [2.45, 2.75) is 24.7 Å². The Bertz CT molecular complexity index is 1300. The lowest BCUT2D eigenvalue weighted by molar-refractivity contribution is -0.140. The maximum absolute atomic E-state index is 12.2. The van der Waals surface area contributed by atoms with Gasteiger partial charge >= 0.3 is 12.1 Å². The highest BCUT2D eigenvalue weighted by atomic mass is 16.5. The first-order valence-corrected chi connectivity index (χ1v) is 11.0. The number of ether oxygens (including phenoxy) is 1. The number of carboxylic acids is 1. The molecule has 0 saturated heterocycles. The zero-order chi connectivity index (χ0) is 23.5. The average Bonchev–Trinajstić information content (AvgIpc) is 3.29. The molecule has 0 spiro atoms. The standard InChI is InChI=1S/C27H23NO6/c29-25(30)27(14-15-27)23-11-10-22(34-23)19-6-8-20(9-7-19)24-21(13-17-32-24)28-26(31)33-16-12-18-4-2-1-3-5-18/h1-11,13,17H,12,14-16H2,(H,28,31)(H,29,30). The van der Waals surface area contributed by atoms with E-state index in [2.05, 4.69) is 5.32 Å². The molecule has 1 aliphatic carbocycles. The molecule has 0 unspecified atom stereocenters. The minimum Gasteiger partial charge on any atom is -0.480 e. The first-order valence-electron chi connectivity index (χ1n) is 11.0. The number of hydrogen-bond acceptors (Lipinski definition) is 5. The number of furan rings is 2. The smallest absolute Gasteiger partial charge is 0.411 e. The molecule has 1 saturated carbocycles. The van der Waals surface area contributed by atoms with Crippen LogP contribution in [0.4, 0.5) is 10.5 Å². The number of benzene rings is 2. The second-order valence-corrected chi connectivity index (χ2v) is 8.29. The van der Waals surface area contributed by atoms with E-state index in [9.17, 15) is 14.7 Å². The molecule has 0 aliphatic heterocycles. The van der Waals surface area contributed by atoms with E-state index >= 15 is 0 Å². The molecule has 1 fully saturated rings. The second-order valence-electron chi connectivity index (χ2n) is 8.29. The van der Waals surface area contributed by atoms with E-state index < -0.39 is 17.5 Å². The number of hydrogen-bond donors (Lipinski definition) is 2. The predicted molar refractivity (Wildman–Crippen MR) is 126 cm³/mol. The van der Waals surface area contributed by atoms with Gasteiger partial charge in [0.15, 0.2) is 5.76 Å². The average molecular weight is 457 g/mol. The highest BCUT2D eigenvalue weighted by Crippen LogP contribution is 2.49. The summed E-state index contributed by atoms with van der Waals surface area (Å²) in [5, 5.41) is 12.2. The first kappa shape index (κ1) is 21.6. The van der Waals surface area contributed by atoms with Crippen LogP contribution in [0.2, 0.25) is 0 Å². The van der Waals surface area contributed by atoms with Crippen molar-refractivity contribution in [3.63, 3.8) is 0 Å². The van der Waals surface area contributed by atoms with Gasteiger partial charge in [-0.2, -0.15) is 0 Å². The molecule has 7 nitrogen and oxygen atoms in total. The molecule has 2 N–H and O–H groups in total. The normalized spacial score (nSPS) is 13.9. The third-order valence-electron chi connectivity index (χ3n) is 6.04. The molecule has 0 atom stereocenters. The van der Waals surface area contributed by atoms with Crippen molar-refractivity contribution >= 4 is 17.7 Å². The number of carboxylic acid groups (broad SMARTS) is 1. The maximum atomic E-state index is 12.2. The summed E-state index contributed by atoms with van der Waals surface area (Å²) in [6.45, 7) is 0.270. The molecule has 4 aromatic rings. The molecule has 7 heteroatoms. The lowest BCUT2D eigenvalue weighted by atomic mass is 10.1. The van der Waals surface area contributed by atoms with Crippen LogP contribution in [-0.4, -0.2) is 23.8 Å². The van der Waals surface area contributed by atoms with Crippen molar-refractivity contribution in [2.24, 2.45) is 0 Å². The van der Waals surface area contributed by atoms with Crippen molar-refractivity contribution in [1.82, 2.24) is 0 Å². The maximum Gasteiger partial charge on any atom is 0.411 e. The number of rotatable bonds is 8. The van der Waals surface area contributed by atoms with Gasteiger partial charge in [0.2, 0.25) is 0 Å². The van der Waals surface area contributed by atoms with Crippen molar-refractivity contribution in [3.8, 4) is 22.6 Å². The van der Waals surface area contributed by atoms with Crippen LogP contribution in [0.3, 0.4) is 0 Å². The summed E-state index contributed by atoms with van der Waals surface area (Å²) in [6.07, 6.45) is 2.78. The Labute approximate surface area is 196 Å². The van der Waals surface area contributed by atoms with Crippen LogP contribution < -0.4 is 5.32 Å². The van der Waals surface area contributed by atoms with Gasteiger partial charge in [-0.1, -0.05) is 54.6 Å². The summed E-state index contributed by atoms with van der Waals surface area (Å²) < 4.78 is 16.7. The molecule has 172 valence electrons. The molecule has 0 radical (unpaired) electrons. The summed E-state index contributed by atoms with van der Waals surface area (Å²) in [5.41, 5.74) is 2.32. The fraction of sp³-hybridized carbons (Fsp3) is 0.185. The number of aliphatic carboxylic acids is 1. The summed E-state index contributed by atoms with van der Waals surface area (Å²) in [4.78, 5) is 23.8. The Kier molecular flexibility index (Phi) is 5.67. The Hall–Kier alpha value is -4.26. The van der Waals surface area contributed by atoms with Gasteiger partial charge in [-0.05, 0) is 30.5 Å². The predicted octanol–water partition coefficient (Wildman–Crippen LogP) is 6.11. The van der Waals surface area contributed by atoms with Gasteiger partial charge in [0.05, 0.1) is 18.6 Å². The molecule has 0 bridgehead atoms. The van der Waals surface area contributed by atoms with E-state index in [4.69, 9.17) is 13.6 Å². The van der Waals surface area contributed by atoms with Gasteiger partial charge < -0.3 is 18.7 Å². The van der Waals surface area contributed by atoms with E-state index in [0.29, 0.717) is 42.2 Å². The van der Waals surface area contributed by atoms with Crippen molar-refractivity contribution in [3.05, 3.63) is 90.4 Å². The van der Waals surface area contributed by atoms with Crippen molar-refractivity contribution in [1.29, 1.82) is 0 Å². The zero-order valence-corrected chi connectivity index (χ0v) is 18.3. The van der Waals surface area contributed by atoms with Crippen LogP contribution in [0.1, 0.15) is 24.2 Å². The lowest BCUT2D eigenvalue weighted by Gasteiger charge is -2.08. The van der Waals surface area contributed by atoms with Gasteiger partial charge in [0.25, 0.3) is 0 Å². The first-order chi connectivity index (χ1) is 16.5. The number of anilines is 1. The van der Waals surface area contributed by atoms with Crippen LogP contribution in [0.15, 0.2) is 87.9 Å². The van der Waals surface area contributed by atoms with Crippen LogP contribution in [0.25, 0.3) is 22.6 Å². The van der Waals surface area contributed by atoms with E-state index in [0.717, 1.165) is 16.7 Å². The van der Waals surface area contributed by atoms with E-state index in [-0.39, 0.29) is 6.61 Å². The summed E-state index contributed by atoms with van der Waals surface area (Å²) in [6, 6.07) is 22.4. The minimum absolute atomic E-state index is 0.270. The van der Waals surface area contributed by atoms with Crippen molar-refractivity contribution in [2.75, 3.05) is 11.9 Å². The molecule has 5 rings (SSSR count). The van der Waals surface area contributed by atoms with Gasteiger partial charge in [-0.15, -0.1) is 0 Å². The second kappa shape index (κ2) is 8.94. The number of carbonyl (C=O) groups is 2. The van der Waals surface area contributed by atoms with E-state index in [1.807, 2.05) is 54.6 Å². The van der Waals surface area contributed by atoms with Gasteiger partial charge in [-0.3, -0.25) is 10.1 Å². The Morgan fingerprint density at radius 3 is 2.38 bits per heavy atom. The number of amides is 1. The fourth-order valence-electron chi connectivity index (χ4n) is 3.91. The molecule has 2 aromatic heterocycles. The third kappa shape index (κ3) is 4.32. The zero-order valence-electron chi connectivity index (χ0n) is 18.3. The Morgan fingerprint density at radius 2 is 1.68 bits per heavy atom. The highest BCUT2D eigenvalue weighted by Gasteiger charge is 2.54. The molecule has 2 aromatic carbocycles. The molecule has 1 aliphatic rings. The van der Waals surface area contributed by atoms with Crippen LogP contribution >= 0.6 is 0 Å². The summed E-state index contributed by atoms with van der Waals surface area (Å²) >= 11 is 0. The minimum atomic E-state index is -0.872. The molecule has 2 heterocycles. The third-order valence-corrected chi connectivity index (χ3v) is 6.04. The number of carbonyl (C=O) groups excluding carboxylic acids is 1. The van der Waals surface area contributed by atoms with E-state index in [1.165, 1.54) is 6.26 Å². The molecule has 1 amide bonds. The summed E-state index contributed by atoms with van der Waals surface area (Å²) in [5.74, 6) is 0.755. The topological polar surface area (TPSA) is 102 Å². The Balaban J connectivity index is 1.23. The molecular formula is C27H23NO6. The number of nitrogens with one attached hydrogen (secondary N) is 1. The highest BCUT2D eigenvalue weighted by molar-refractivity contribution is 5.90.